The van der Waals surface area contributed by atoms with Crippen molar-refractivity contribution in [3.05, 3.63) is 0 Å². The molecule has 5 N–H and O–H groups in total. The molecule has 1 heterocycles. The fraction of sp³-hybridized carbons (Fsp3) is 0.889. The molecule has 2 bridgehead atoms. The van der Waals surface area contributed by atoms with Crippen molar-refractivity contribution in [2.75, 3.05) is 13.6 Å². The first-order valence-corrected chi connectivity index (χ1v) is 14.2. The fourth-order valence-electron chi connectivity index (χ4n) is 6.60. The largest absolute Gasteiger partial charge is 0.481 e. The molecule has 4 fully saturated rings. The quantitative estimate of drug-likeness (QED) is 0.117. The number of amides is 2. The summed E-state index contributed by atoms with van der Waals surface area (Å²) >= 11 is 0. The van der Waals surface area contributed by atoms with Crippen molar-refractivity contribution >= 4 is 24.9 Å². The lowest BCUT2D eigenvalue weighted by Crippen LogP contribution is -2.65. The molecule has 0 unspecified atom stereocenters. The van der Waals surface area contributed by atoms with Crippen LogP contribution in [0.1, 0.15) is 87.0 Å². The smallest absolute Gasteiger partial charge is 0.404 e. The van der Waals surface area contributed by atoms with Gasteiger partial charge in [0.1, 0.15) is 6.04 Å². The second-order valence-electron chi connectivity index (χ2n) is 13.0. The van der Waals surface area contributed by atoms with Crippen LogP contribution < -0.4 is 21.3 Å². The molecule has 2 amide bonds. The van der Waals surface area contributed by atoms with Crippen LogP contribution in [0.15, 0.2) is 0 Å². The van der Waals surface area contributed by atoms with Crippen LogP contribution in [0.5, 0.6) is 0 Å². The molecule has 0 aromatic heterocycles. The molecule has 3 aliphatic carbocycles. The van der Waals surface area contributed by atoms with Crippen LogP contribution in [0.4, 0.5) is 0 Å². The highest BCUT2D eigenvalue weighted by Crippen LogP contribution is 2.65. The minimum absolute atomic E-state index is 0.0518. The van der Waals surface area contributed by atoms with Crippen molar-refractivity contribution in [1.82, 2.24) is 21.3 Å². The molecule has 0 aromatic rings. The molecule has 4 aliphatic rings. The summed E-state index contributed by atoms with van der Waals surface area (Å²) in [6.07, 6.45) is 4.43. The third kappa shape index (κ3) is 6.80. The lowest BCUT2D eigenvalue weighted by atomic mass is 9.43. The predicted octanol–water partition coefficient (Wildman–Crippen LogP) is 2.84. The maximum absolute atomic E-state index is 13.6. The van der Waals surface area contributed by atoms with Crippen LogP contribution in [0.3, 0.4) is 0 Å². The van der Waals surface area contributed by atoms with E-state index < -0.39 is 13.2 Å². The van der Waals surface area contributed by atoms with E-state index in [4.69, 9.17) is 14.7 Å². The Balaban J connectivity index is 1.68. The van der Waals surface area contributed by atoms with E-state index >= 15 is 0 Å². The molecule has 210 valence electrons. The van der Waals surface area contributed by atoms with Gasteiger partial charge < -0.3 is 30.6 Å². The summed E-state index contributed by atoms with van der Waals surface area (Å²) in [7, 11) is 1.18. The van der Waals surface area contributed by atoms with E-state index in [0.29, 0.717) is 43.6 Å². The number of hydrogen-bond donors (Lipinski definition) is 5. The molecule has 1 aliphatic heterocycles. The Bertz CT molecular complexity index is 838. The maximum atomic E-state index is 13.6. The average molecular weight is 520 g/mol. The van der Waals surface area contributed by atoms with Crippen LogP contribution in [0, 0.1) is 34.5 Å². The Morgan fingerprint density at radius 3 is 2.38 bits per heavy atom. The standard InChI is InChI=1S/C27H50BN5O4/c1-16(2)12-22(28-36-21-15-18-14-20(26(18,5)6)27(21,7)37-28)33-24(35)19(32-23(34)13-17(3)4)10-9-11-31-25(29)30-8/h16-22H,9-15H2,1-8H3,(H,32,34)(H,33,35)(H3,29,30,31)/t18-,19-,20-,21+,22-,27-/m0/s1. The van der Waals surface area contributed by atoms with E-state index in [0.717, 1.165) is 12.8 Å². The Hall–Kier alpha value is -1.81. The van der Waals surface area contributed by atoms with Gasteiger partial charge in [0.15, 0.2) is 5.96 Å². The van der Waals surface area contributed by atoms with E-state index in [1.54, 1.807) is 7.05 Å². The van der Waals surface area contributed by atoms with Crippen molar-refractivity contribution in [3.8, 4) is 0 Å². The second-order valence-corrected chi connectivity index (χ2v) is 13.0. The number of nitrogens with one attached hydrogen (secondary N) is 5. The first-order chi connectivity index (χ1) is 17.3. The van der Waals surface area contributed by atoms with Crippen molar-refractivity contribution < 1.29 is 18.9 Å². The van der Waals surface area contributed by atoms with Gasteiger partial charge in [-0.05, 0) is 68.1 Å². The van der Waals surface area contributed by atoms with Gasteiger partial charge >= 0.3 is 7.12 Å². The zero-order valence-corrected chi connectivity index (χ0v) is 24.2. The molecular formula is C27H50BN5O4. The van der Waals surface area contributed by atoms with Crippen molar-refractivity contribution in [3.63, 3.8) is 0 Å². The molecule has 9 nitrogen and oxygen atoms in total. The molecule has 0 aromatic carbocycles. The van der Waals surface area contributed by atoms with Crippen molar-refractivity contribution in [1.29, 1.82) is 5.41 Å². The van der Waals surface area contributed by atoms with Gasteiger partial charge in [-0.25, -0.2) is 0 Å². The first-order valence-electron chi connectivity index (χ1n) is 14.2. The molecular weight excluding hydrogens is 469 g/mol. The van der Waals surface area contributed by atoms with Crippen LogP contribution in [-0.4, -0.2) is 62.2 Å². The summed E-state index contributed by atoms with van der Waals surface area (Å²) in [5.41, 5.74) is -0.0824. The summed E-state index contributed by atoms with van der Waals surface area (Å²) < 4.78 is 13.2. The van der Waals surface area contributed by atoms with Gasteiger partial charge in [0.2, 0.25) is 11.8 Å². The minimum Gasteiger partial charge on any atom is -0.404 e. The Morgan fingerprint density at radius 1 is 1.08 bits per heavy atom. The molecule has 1 saturated heterocycles. The molecule has 0 radical (unpaired) electrons. The van der Waals surface area contributed by atoms with Crippen LogP contribution in [0.25, 0.3) is 0 Å². The molecule has 10 heteroatoms. The number of carbonyl (C=O) groups excluding carboxylic acids is 2. The Kier molecular flexibility index (Phi) is 9.59. The maximum Gasteiger partial charge on any atom is 0.481 e. The lowest BCUT2D eigenvalue weighted by Gasteiger charge is -2.64. The number of guanidine groups is 1. The molecule has 0 spiro atoms. The monoisotopic (exact) mass is 519 g/mol. The van der Waals surface area contributed by atoms with Gasteiger partial charge in [-0.1, -0.05) is 41.5 Å². The minimum atomic E-state index is -0.655. The summed E-state index contributed by atoms with van der Waals surface area (Å²) in [5.74, 6) is 1.26. The van der Waals surface area contributed by atoms with E-state index in [1.807, 2.05) is 13.8 Å². The Morgan fingerprint density at radius 2 is 1.78 bits per heavy atom. The molecule has 37 heavy (non-hydrogen) atoms. The highest BCUT2D eigenvalue weighted by molar-refractivity contribution is 6.47. The zero-order chi connectivity index (χ0) is 27.5. The number of carbonyl (C=O) groups is 2. The summed E-state index contributed by atoms with van der Waals surface area (Å²) in [4.78, 5) is 26.1. The van der Waals surface area contributed by atoms with E-state index in [9.17, 15) is 9.59 Å². The van der Waals surface area contributed by atoms with E-state index in [1.165, 1.54) is 6.42 Å². The van der Waals surface area contributed by atoms with Crippen LogP contribution in [0.2, 0.25) is 0 Å². The van der Waals surface area contributed by atoms with E-state index in [-0.39, 0.29) is 46.8 Å². The zero-order valence-electron chi connectivity index (χ0n) is 24.2. The highest BCUT2D eigenvalue weighted by Gasteiger charge is 2.68. The normalized spacial score (nSPS) is 29.2. The second kappa shape index (κ2) is 11.9. The van der Waals surface area contributed by atoms with Crippen LogP contribution in [-0.2, 0) is 18.9 Å². The van der Waals surface area contributed by atoms with Gasteiger partial charge in [0, 0.05) is 20.0 Å². The molecule has 3 saturated carbocycles. The fourth-order valence-corrected chi connectivity index (χ4v) is 6.60. The third-order valence-electron chi connectivity index (χ3n) is 8.82. The molecule has 6 atom stereocenters. The molecule has 4 rings (SSSR count). The van der Waals surface area contributed by atoms with Gasteiger partial charge in [-0.3, -0.25) is 15.0 Å². The van der Waals surface area contributed by atoms with Gasteiger partial charge in [-0.15, -0.1) is 0 Å². The van der Waals surface area contributed by atoms with Gasteiger partial charge in [0.05, 0.1) is 17.6 Å². The van der Waals surface area contributed by atoms with Gasteiger partial charge in [-0.2, -0.15) is 0 Å². The van der Waals surface area contributed by atoms with Crippen LogP contribution >= 0.6 is 0 Å². The average Bonchev–Trinajstić information content (AvgIpc) is 3.16. The van der Waals surface area contributed by atoms with Gasteiger partial charge in [0.25, 0.3) is 0 Å². The van der Waals surface area contributed by atoms with E-state index in [2.05, 4.69) is 55.9 Å². The van der Waals surface area contributed by atoms with Crippen molar-refractivity contribution in [2.24, 2.45) is 29.1 Å². The number of rotatable bonds is 12. The first kappa shape index (κ1) is 29.7. The predicted molar refractivity (Wildman–Crippen MR) is 147 cm³/mol. The van der Waals surface area contributed by atoms with Crippen molar-refractivity contribution in [2.45, 2.75) is 111 Å². The third-order valence-corrected chi connectivity index (χ3v) is 8.82. The summed E-state index contributed by atoms with van der Waals surface area (Å²) in [5, 5.41) is 19.5. The topological polar surface area (TPSA) is 125 Å². The SMILES string of the molecule is CNC(=N)NCCC[C@H](NC(=O)CC(C)C)C(=O)N[C@@H](CC(C)C)B1O[C@@H]2C[C@@H]3C[C@@H](C3(C)C)[C@]2(C)O1. The highest BCUT2D eigenvalue weighted by atomic mass is 16.7. The number of hydrogen-bond acceptors (Lipinski definition) is 5. The Labute approximate surface area is 224 Å². The summed E-state index contributed by atoms with van der Waals surface area (Å²) in [6.45, 7) is 15.6. The lowest BCUT2D eigenvalue weighted by molar-refractivity contribution is -0.199. The summed E-state index contributed by atoms with van der Waals surface area (Å²) in [6, 6.07) is -0.655.